The van der Waals surface area contributed by atoms with Crippen molar-refractivity contribution in [3.63, 3.8) is 0 Å². The number of benzene rings is 1. The molecule has 160 valence electrons. The van der Waals surface area contributed by atoms with Crippen molar-refractivity contribution in [1.82, 2.24) is 0 Å². The first-order chi connectivity index (χ1) is 14.4. The predicted octanol–water partition coefficient (Wildman–Crippen LogP) is 4.32. The second-order valence-corrected chi connectivity index (χ2v) is 7.65. The summed E-state index contributed by atoms with van der Waals surface area (Å²) in [7, 11) is 0. The number of anilines is 1. The van der Waals surface area contributed by atoms with E-state index in [0.29, 0.717) is 23.3 Å². The van der Waals surface area contributed by atoms with Crippen LogP contribution in [0.4, 0.5) is 5.69 Å². The van der Waals surface area contributed by atoms with Gasteiger partial charge in [-0.2, -0.15) is 0 Å². The van der Waals surface area contributed by atoms with Crippen LogP contribution in [0.5, 0.6) is 0 Å². The molecule has 1 fully saturated rings. The molecule has 2 aromatic rings. The van der Waals surface area contributed by atoms with Crippen LogP contribution in [0.1, 0.15) is 63.2 Å². The van der Waals surface area contributed by atoms with Gasteiger partial charge in [-0.15, -0.1) is 0 Å². The van der Waals surface area contributed by atoms with Crippen LogP contribution in [-0.4, -0.2) is 30.6 Å². The van der Waals surface area contributed by atoms with Crippen molar-refractivity contribution in [2.45, 2.75) is 52.9 Å². The van der Waals surface area contributed by atoms with Gasteiger partial charge in [0.1, 0.15) is 16.9 Å². The minimum Gasteiger partial charge on any atom is -0.422 e. The van der Waals surface area contributed by atoms with Crippen LogP contribution in [0, 0.1) is 5.92 Å². The summed E-state index contributed by atoms with van der Waals surface area (Å²) in [5.74, 6) is -0.861. The summed E-state index contributed by atoms with van der Waals surface area (Å²) < 4.78 is 5.47. The molecule has 1 aromatic carbocycles. The molecule has 3 rings (SSSR count). The molecule has 30 heavy (non-hydrogen) atoms. The summed E-state index contributed by atoms with van der Waals surface area (Å²) in [4.78, 5) is 43.8. The fourth-order valence-corrected chi connectivity index (χ4v) is 3.98. The van der Waals surface area contributed by atoms with Crippen molar-refractivity contribution >= 4 is 34.1 Å². The third-order valence-electron chi connectivity index (χ3n) is 5.60. The monoisotopic (exact) mass is 412 g/mol. The van der Waals surface area contributed by atoms with Gasteiger partial charge < -0.3 is 14.2 Å². The van der Waals surface area contributed by atoms with Crippen LogP contribution in [-0.2, 0) is 9.63 Å². The van der Waals surface area contributed by atoms with Crippen molar-refractivity contribution < 1.29 is 18.8 Å². The predicted molar refractivity (Wildman–Crippen MR) is 116 cm³/mol. The van der Waals surface area contributed by atoms with E-state index in [0.717, 1.165) is 44.5 Å². The Morgan fingerprint density at radius 1 is 1.17 bits per heavy atom. The Morgan fingerprint density at radius 2 is 1.87 bits per heavy atom. The largest absolute Gasteiger partial charge is 0.422 e. The van der Waals surface area contributed by atoms with Crippen molar-refractivity contribution in [1.29, 1.82) is 0 Å². The van der Waals surface area contributed by atoms with Crippen LogP contribution in [0.25, 0.3) is 11.0 Å². The van der Waals surface area contributed by atoms with Gasteiger partial charge in [0.2, 0.25) is 5.78 Å². The lowest BCUT2D eigenvalue weighted by Crippen LogP contribution is -2.24. The van der Waals surface area contributed by atoms with Gasteiger partial charge in [0.05, 0.1) is 0 Å². The number of oxime groups is 1. The van der Waals surface area contributed by atoms with Gasteiger partial charge in [0.25, 0.3) is 0 Å². The molecule has 0 radical (unpaired) electrons. The molecule has 0 unspecified atom stereocenters. The van der Waals surface area contributed by atoms with Gasteiger partial charge in [-0.1, -0.05) is 30.8 Å². The molecule has 1 aliphatic rings. The van der Waals surface area contributed by atoms with E-state index in [4.69, 9.17) is 9.25 Å². The Kier molecular flexibility index (Phi) is 7.03. The van der Waals surface area contributed by atoms with Gasteiger partial charge in [-0.05, 0) is 44.4 Å². The molecular formula is C23H28N2O5. The second-order valence-electron chi connectivity index (χ2n) is 7.65. The highest BCUT2D eigenvalue weighted by atomic mass is 16.7. The van der Waals surface area contributed by atoms with E-state index in [2.05, 4.69) is 23.9 Å². The third-order valence-corrected chi connectivity index (χ3v) is 5.60. The van der Waals surface area contributed by atoms with Crippen molar-refractivity contribution in [3.8, 4) is 0 Å². The summed E-state index contributed by atoms with van der Waals surface area (Å²) in [6, 6.07) is 7.12. The number of carbonyl (C=O) groups excluding carboxylic acids is 2. The van der Waals surface area contributed by atoms with E-state index in [9.17, 15) is 14.4 Å². The zero-order valence-electron chi connectivity index (χ0n) is 17.8. The summed E-state index contributed by atoms with van der Waals surface area (Å²) in [6.45, 7) is 7.00. The molecule has 7 heteroatoms. The van der Waals surface area contributed by atoms with E-state index in [1.807, 2.05) is 18.2 Å². The van der Waals surface area contributed by atoms with Crippen LogP contribution < -0.4 is 10.5 Å². The van der Waals surface area contributed by atoms with Gasteiger partial charge in [-0.3, -0.25) is 4.79 Å². The van der Waals surface area contributed by atoms with Crippen LogP contribution in [0.15, 0.2) is 38.6 Å². The Balaban J connectivity index is 1.95. The van der Waals surface area contributed by atoms with E-state index in [1.54, 1.807) is 0 Å². The maximum atomic E-state index is 13.1. The highest BCUT2D eigenvalue weighted by molar-refractivity contribution is 6.46. The molecule has 0 bridgehead atoms. The number of ketones is 1. The highest BCUT2D eigenvalue weighted by Gasteiger charge is 2.26. The van der Waals surface area contributed by atoms with Crippen molar-refractivity contribution in [2.75, 3.05) is 18.0 Å². The van der Waals surface area contributed by atoms with Gasteiger partial charge in [0, 0.05) is 37.2 Å². The normalized spacial score (nSPS) is 14.8. The first-order valence-corrected chi connectivity index (χ1v) is 10.5. The molecule has 1 heterocycles. The SMILES string of the molecule is CCN(CC)c1ccc2cc(C(=O)/C(CC3CCCC3)=N/OC(C)=O)c(=O)oc2c1. The molecule has 7 nitrogen and oxygen atoms in total. The molecule has 0 spiro atoms. The van der Waals surface area contributed by atoms with E-state index in [1.165, 1.54) is 13.0 Å². The van der Waals surface area contributed by atoms with E-state index >= 15 is 0 Å². The lowest BCUT2D eigenvalue weighted by Gasteiger charge is -2.21. The van der Waals surface area contributed by atoms with Crippen LogP contribution in [0.3, 0.4) is 0 Å². The lowest BCUT2D eigenvalue weighted by molar-refractivity contribution is -0.140. The summed E-state index contributed by atoms with van der Waals surface area (Å²) >= 11 is 0. The third kappa shape index (κ3) is 4.96. The average molecular weight is 412 g/mol. The van der Waals surface area contributed by atoms with Crippen LogP contribution >= 0.6 is 0 Å². The quantitative estimate of drug-likeness (QED) is 0.211. The molecule has 1 saturated carbocycles. The zero-order valence-corrected chi connectivity index (χ0v) is 17.8. The smallest absolute Gasteiger partial charge is 0.347 e. The Morgan fingerprint density at radius 3 is 2.50 bits per heavy atom. The molecule has 0 atom stereocenters. The first-order valence-electron chi connectivity index (χ1n) is 10.5. The molecular weight excluding hydrogens is 384 g/mol. The van der Waals surface area contributed by atoms with Gasteiger partial charge in [-0.25, -0.2) is 9.59 Å². The van der Waals surface area contributed by atoms with Gasteiger partial charge in [0.15, 0.2) is 0 Å². The Bertz CT molecular complexity index is 1010. The highest BCUT2D eigenvalue weighted by Crippen LogP contribution is 2.29. The number of hydrogen-bond acceptors (Lipinski definition) is 7. The lowest BCUT2D eigenvalue weighted by atomic mass is 9.96. The maximum Gasteiger partial charge on any atom is 0.347 e. The maximum absolute atomic E-state index is 13.1. The minimum atomic E-state index is -0.717. The number of carbonyl (C=O) groups is 2. The van der Waals surface area contributed by atoms with Crippen molar-refractivity contribution in [2.24, 2.45) is 11.1 Å². The minimum absolute atomic E-state index is 0.0866. The number of rotatable bonds is 8. The summed E-state index contributed by atoms with van der Waals surface area (Å²) in [6.07, 6.45) is 4.57. The molecule has 0 saturated heterocycles. The van der Waals surface area contributed by atoms with E-state index in [-0.39, 0.29) is 11.3 Å². The molecule has 0 aliphatic heterocycles. The fraction of sp³-hybridized carbons (Fsp3) is 0.478. The summed E-state index contributed by atoms with van der Waals surface area (Å²) in [5.41, 5.74) is 0.653. The number of fused-ring (bicyclic) bond motifs is 1. The van der Waals surface area contributed by atoms with E-state index < -0.39 is 17.4 Å². The Hall–Kier alpha value is -2.96. The molecule has 0 amide bonds. The number of nitrogens with zero attached hydrogens (tertiary/aromatic N) is 2. The molecule has 1 aromatic heterocycles. The zero-order chi connectivity index (χ0) is 21.7. The second kappa shape index (κ2) is 9.69. The molecule has 1 aliphatic carbocycles. The van der Waals surface area contributed by atoms with Gasteiger partial charge >= 0.3 is 11.6 Å². The topological polar surface area (TPSA) is 89.2 Å². The standard InChI is InChI=1S/C23H28N2O5/c1-4-25(5-2)18-11-10-17-13-19(23(28)29-21(17)14-18)22(27)20(24-30-15(3)26)12-16-8-6-7-9-16/h10-11,13-14,16H,4-9,12H2,1-3H3/b24-20+. The van der Waals surface area contributed by atoms with Crippen LogP contribution in [0.2, 0.25) is 0 Å². The Labute approximate surface area is 175 Å². The average Bonchev–Trinajstić information content (AvgIpc) is 3.24. The summed E-state index contributed by atoms with van der Waals surface area (Å²) in [5, 5.41) is 4.43. The first kappa shape index (κ1) is 21.7. The number of hydrogen-bond donors (Lipinski definition) is 0. The number of Topliss-reactive ketones (excluding diaryl/α,β-unsaturated/α-hetero) is 1. The fourth-order valence-electron chi connectivity index (χ4n) is 3.98. The van der Waals surface area contributed by atoms with Crippen molar-refractivity contribution in [3.05, 3.63) is 40.2 Å². The molecule has 0 N–H and O–H groups in total.